The molecule has 2 saturated heterocycles. The second-order valence-corrected chi connectivity index (χ2v) is 6.35. The lowest BCUT2D eigenvalue weighted by atomic mass is 10.0. The summed E-state index contributed by atoms with van der Waals surface area (Å²) in [6.45, 7) is 0. The average Bonchev–Trinajstić information content (AvgIpc) is 2.73. The fourth-order valence-corrected chi connectivity index (χ4v) is 3.40. The molecule has 20 heavy (non-hydrogen) atoms. The summed E-state index contributed by atoms with van der Waals surface area (Å²) in [7, 11) is 0. The van der Waals surface area contributed by atoms with E-state index in [-0.39, 0.29) is 12.1 Å². The van der Waals surface area contributed by atoms with Crippen LogP contribution in [-0.2, 0) is 0 Å². The number of carbonyl (C=O) groups is 1. The van der Waals surface area contributed by atoms with Gasteiger partial charge in [-0.05, 0) is 43.9 Å². The van der Waals surface area contributed by atoms with Crippen molar-refractivity contribution in [1.29, 1.82) is 0 Å². The molecule has 0 aromatic heterocycles. The molecule has 4 nitrogen and oxygen atoms in total. The van der Waals surface area contributed by atoms with Crippen LogP contribution in [0.2, 0.25) is 10.0 Å². The summed E-state index contributed by atoms with van der Waals surface area (Å²) in [6.07, 6.45) is 4.45. The summed E-state index contributed by atoms with van der Waals surface area (Å²) >= 11 is 11.8. The number of anilines is 1. The van der Waals surface area contributed by atoms with Gasteiger partial charge in [-0.25, -0.2) is 4.79 Å². The number of halogens is 2. The van der Waals surface area contributed by atoms with E-state index in [1.54, 1.807) is 18.2 Å². The van der Waals surface area contributed by atoms with Crippen LogP contribution in [0.5, 0.6) is 0 Å². The van der Waals surface area contributed by atoms with E-state index in [4.69, 9.17) is 23.2 Å². The number of benzene rings is 1. The Morgan fingerprint density at radius 3 is 2.50 bits per heavy atom. The lowest BCUT2D eigenvalue weighted by Gasteiger charge is -2.29. The van der Waals surface area contributed by atoms with Crippen molar-refractivity contribution >= 4 is 34.9 Å². The van der Waals surface area contributed by atoms with Crippen molar-refractivity contribution in [2.75, 3.05) is 5.32 Å². The Morgan fingerprint density at radius 1 is 1.15 bits per heavy atom. The molecule has 0 saturated carbocycles. The quantitative estimate of drug-likeness (QED) is 0.784. The maximum absolute atomic E-state index is 12.0. The third-order valence-electron chi connectivity index (χ3n) is 3.99. The smallest absolute Gasteiger partial charge is 0.319 e. The largest absolute Gasteiger partial charge is 0.335 e. The zero-order valence-corrected chi connectivity index (χ0v) is 12.5. The molecule has 3 N–H and O–H groups in total. The predicted molar refractivity (Wildman–Crippen MR) is 81.6 cm³/mol. The Bertz CT molecular complexity index is 511. The minimum absolute atomic E-state index is 0.185. The highest BCUT2D eigenvalue weighted by atomic mass is 35.5. The standard InChI is InChI=1S/C14H17Cl2N3O/c15-12-4-3-10(7-13(12)16)18-14(20)19-11-5-8-1-2-9(6-11)17-8/h3-4,7-9,11,17H,1-2,5-6H2,(H2,18,19,20). The number of hydrogen-bond donors (Lipinski definition) is 3. The van der Waals surface area contributed by atoms with E-state index >= 15 is 0 Å². The molecule has 2 unspecified atom stereocenters. The second kappa shape index (κ2) is 5.80. The molecular formula is C14H17Cl2N3O. The topological polar surface area (TPSA) is 53.2 Å². The van der Waals surface area contributed by atoms with Crippen LogP contribution < -0.4 is 16.0 Å². The van der Waals surface area contributed by atoms with Crippen LogP contribution in [0.15, 0.2) is 18.2 Å². The van der Waals surface area contributed by atoms with Gasteiger partial charge in [-0.2, -0.15) is 0 Å². The van der Waals surface area contributed by atoms with Crippen molar-refractivity contribution in [3.8, 4) is 0 Å². The average molecular weight is 314 g/mol. The number of rotatable bonds is 2. The minimum atomic E-state index is -0.185. The van der Waals surface area contributed by atoms with Crippen molar-refractivity contribution < 1.29 is 4.79 Å². The van der Waals surface area contributed by atoms with Gasteiger partial charge in [0, 0.05) is 23.8 Å². The Kier molecular flexibility index (Phi) is 4.06. The van der Waals surface area contributed by atoms with E-state index in [9.17, 15) is 4.79 Å². The molecule has 2 aliphatic heterocycles. The number of fused-ring (bicyclic) bond motifs is 2. The molecule has 108 valence electrons. The summed E-state index contributed by atoms with van der Waals surface area (Å²) in [4.78, 5) is 12.0. The molecule has 1 aromatic carbocycles. The SMILES string of the molecule is O=C(Nc1ccc(Cl)c(Cl)c1)NC1CC2CCC(C1)N2. The first-order chi connectivity index (χ1) is 9.60. The molecule has 2 atom stereocenters. The third-order valence-corrected chi connectivity index (χ3v) is 4.72. The normalized spacial score (nSPS) is 28.2. The van der Waals surface area contributed by atoms with Crippen LogP contribution in [-0.4, -0.2) is 24.2 Å². The number of hydrogen-bond acceptors (Lipinski definition) is 2. The molecule has 0 aliphatic carbocycles. The summed E-state index contributed by atoms with van der Waals surface area (Å²) in [5, 5.41) is 10.3. The maximum Gasteiger partial charge on any atom is 0.319 e. The third kappa shape index (κ3) is 3.19. The van der Waals surface area contributed by atoms with Gasteiger partial charge >= 0.3 is 6.03 Å². The monoisotopic (exact) mass is 313 g/mol. The molecule has 2 bridgehead atoms. The number of amides is 2. The van der Waals surface area contributed by atoms with Crippen molar-refractivity contribution in [1.82, 2.24) is 10.6 Å². The van der Waals surface area contributed by atoms with Crippen molar-refractivity contribution in [2.45, 2.75) is 43.8 Å². The highest BCUT2D eigenvalue weighted by molar-refractivity contribution is 6.42. The van der Waals surface area contributed by atoms with Crippen LogP contribution in [0.25, 0.3) is 0 Å². The Morgan fingerprint density at radius 2 is 1.85 bits per heavy atom. The molecule has 2 fully saturated rings. The lowest BCUT2D eigenvalue weighted by molar-refractivity contribution is 0.240. The highest BCUT2D eigenvalue weighted by Crippen LogP contribution is 2.27. The van der Waals surface area contributed by atoms with Gasteiger partial charge in [-0.1, -0.05) is 23.2 Å². The summed E-state index contributed by atoms with van der Waals surface area (Å²) in [5.41, 5.74) is 0.647. The van der Waals surface area contributed by atoms with Crippen LogP contribution in [0.3, 0.4) is 0 Å². The minimum Gasteiger partial charge on any atom is -0.335 e. The van der Waals surface area contributed by atoms with E-state index < -0.39 is 0 Å². The molecule has 2 heterocycles. The van der Waals surface area contributed by atoms with Crippen LogP contribution >= 0.6 is 23.2 Å². The first kappa shape index (κ1) is 14.0. The van der Waals surface area contributed by atoms with Crippen molar-refractivity contribution in [2.24, 2.45) is 0 Å². The van der Waals surface area contributed by atoms with Crippen LogP contribution in [0.4, 0.5) is 10.5 Å². The van der Waals surface area contributed by atoms with Gasteiger partial charge in [0.1, 0.15) is 0 Å². The number of urea groups is 1. The molecular weight excluding hydrogens is 297 g/mol. The van der Waals surface area contributed by atoms with E-state index in [0.717, 1.165) is 12.8 Å². The summed E-state index contributed by atoms with van der Waals surface area (Å²) in [6, 6.07) is 6.24. The number of nitrogens with one attached hydrogen (secondary N) is 3. The molecule has 0 spiro atoms. The zero-order valence-electron chi connectivity index (χ0n) is 11.0. The van der Waals surface area contributed by atoms with Gasteiger partial charge in [-0.3, -0.25) is 0 Å². The van der Waals surface area contributed by atoms with Gasteiger partial charge in [0.25, 0.3) is 0 Å². The van der Waals surface area contributed by atoms with E-state index in [1.807, 2.05) is 0 Å². The van der Waals surface area contributed by atoms with E-state index in [2.05, 4.69) is 16.0 Å². The Balaban J connectivity index is 1.55. The summed E-state index contributed by atoms with van der Waals surface area (Å²) < 4.78 is 0. The molecule has 1 aromatic rings. The molecule has 2 aliphatic rings. The van der Waals surface area contributed by atoms with Crippen LogP contribution in [0.1, 0.15) is 25.7 Å². The first-order valence-corrected chi connectivity index (χ1v) is 7.64. The first-order valence-electron chi connectivity index (χ1n) is 6.89. The Labute approximate surface area is 128 Å². The number of piperidine rings is 1. The fraction of sp³-hybridized carbons (Fsp3) is 0.500. The second-order valence-electron chi connectivity index (χ2n) is 5.53. The van der Waals surface area contributed by atoms with E-state index in [0.29, 0.717) is 27.8 Å². The van der Waals surface area contributed by atoms with Crippen LogP contribution in [0, 0.1) is 0 Å². The molecule has 2 amide bonds. The van der Waals surface area contributed by atoms with Crippen molar-refractivity contribution in [3.63, 3.8) is 0 Å². The van der Waals surface area contributed by atoms with Gasteiger partial charge in [0.05, 0.1) is 10.0 Å². The van der Waals surface area contributed by atoms with Crippen molar-refractivity contribution in [3.05, 3.63) is 28.2 Å². The lowest BCUT2D eigenvalue weighted by Crippen LogP contribution is -2.49. The van der Waals surface area contributed by atoms with E-state index in [1.165, 1.54) is 12.8 Å². The molecule has 6 heteroatoms. The molecule has 0 radical (unpaired) electrons. The van der Waals surface area contributed by atoms with Gasteiger partial charge < -0.3 is 16.0 Å². The Hall–Kier alpha value is -0.970. The maximum atomic E-state index is 12.0. The predicted octanol–water partition coefficient (Wildman–Crippen LogP) is 3.40. The fourth-order valence-electron chi connectivity index (χ4n) is 3.10. The zero-order chi connectivity index (χ0) is 14.1. The highest BCUT2D eigenvalue weighted by Gasteiger charge is 2.33. The number of carbonyl (C=O) groups excluding carboxylic acids is 1. The van der Waals surface area contributed by atoms with Gasteiger partial charge in [0.2, 0.25) is 0 Å². The summed E-state index contributed by atoms with van der Waals surface area (Å²) in [5.74, 6) is 0. The molecule has 3 rings (SSSR count). The van der Waals surface area contributed by atoms with Gasteiger partial charge in [0.15, 0.2) is 0 Å². The van der Waals surface area contributed by atoms with Gasteiger partial charge in [-0.15, -0.1) is 0 Å².